The van der Waals surface area contributed by atoms with E-state index in [1.807, 2.05) is 12.1 Å². The molecule has 0 aliphatic rings. The predicted octanol–water partition coefficient (Wildman–Crippen LogP) is 2.92. The van der Waals surface area contributed by atoms with Crippen LogP contribution in [0.3, 0.4) is 0 Å². The number of hydrogen-bond donors (Lipinski definition) is 1. The molecular formula is C12H8ClNO2. The van der Waals surface area contributed by atoms with Gasteiger partial charge >= 0.3 is 0 Å². The van der Waals surface area contributed by atoms with Crippen molar-refractivity contribution in [2.75, 3.05) is 0 Å². The molecule has 0 saturated heterocycles. The fourth-order valence-electron chi connectivity index (χ4n) is 1.38. The number of carbonyl (C=O) groups is 1. The number of nitrogens with zero attached hydrogens (tertiary/aromatic N) is 1. The standard InChI is InChI=1S/C12H8ClNO2/c13-10-3-1-2-8(4-10)9-5-12(16)11(7-15)14-6-9/h1-7,16H. The first-order chi connectivity index (χ1) is 7.70. The van der Waals surface area contributed by atoms with Crippen molar-refractivity contribution in [3.63, 3.8) is 0 Å². The number of aromatic hydroxyl groups is 1. The Balaban J connectivity index is 2.49. The predicted molar refractivity (Wildman–Crippen MR) is 61.7 cm³/mol. The van der Waals surface area contributed by atoms with Crippen LogP contribution < -0.4 is 0 Å². The number of pyridine rings is 1. The molecule has 0 atom stereocenters. The van der Waals surface area contributed by atoms with E-state index in [2.05, 4.69) is 4.98 Å². The van der Waals surface area contributed by atoms with E-state index < -0.39 is 0 Å². The van der Waals surface area contributed by atoms with Gasteiger partial charge in [-0.3, -0.25) is 4.79 Å². The van der Waals surface area contributed by atoms with Crippen LogP contribution >= 0.6 is 11.6 Å². The van der Waals surface area contributed by atoms with E-state index in [1.54, 1.807) is 12.1 Å². The van der Waals surface area contributed by atoms with E-state index in [0.717, 1.165) is 5.56 Å². The summed E-state index contributed by atoms with van der Waals surface area (Å²) in [5.41, 5.74) is 1.59. The van der Waals surface area contributed by atoms with E-state index in [9.17, 15) is 9.90 Å². The average Bonchev–Trinajstić information content (AvgIpc) is 2.29. The van der Waals surface area contributed by atoms with E-state index in [4.69, 9.17) is 11.6 Å². The van der Waals surface area contributed by atoms with Crippen LogP contribution in [0.5, 0.6) is 5.75 Å². The molecule has 0 amide bonds. The van der Waals surface area contributed by atoms with Gasteiger partial charge in [0.15, 0.2) is 6.29 Å². The van der Waals surface area contributed by atoms with Crippen LogP contribution in [-0.2, 0) is 0 Å². The van der Waals surface area contributed by atoms with Gasteiger partial charge in [-0.2, -0.15) is 0 Å². The third-order valence-corrected chi connectivity index (χ3v) is 2.40. The first-order valence-corrected chi connectivity index (χ1v) is 4.98. The molecule has 1 N–H and O–H groups in total. The zero-order valence-electron chi connectivity index (χ0n) is 8.22. The Kier molecular flexibility index (Phi) is 2.88. The van der Waals surface area contributed by atoms with Gasteiger partial charge in [0.25, 0.3) is 0 Å². The second-order valence-corrected chi connectivity index (χ2v) is 3.69. The number of carbonyl (C=O) groups excluding carboxylic acids is 1. The minimum Gasteiger partial charge on any atom is -0.506 e. The highest BCUT2D eigenvalue weighted by molar-refractivity contribution is 6.30. The molecule has 16 heavy (non-hydrogen) atoms. The topological polar surface area (TPSA) is 50.2 Å². The molecule has 1 heterocycles. The van der Waals surface area contributed by atoms with Gasteiger partial charge in [-0.15, -0.1) is 0 Å². The SMILES string of the molecule is O=Cc1ncc(-c2cccc(Cl)c2)cc1O. The van der Waals surface area contributed by atoms with Gasteiger partial charge in [0.1, 0.15) is 11.4 Å². The zero-order chi connectivity index (χ0) is 11.5. The van der Waals surface area contributed by atoms with Crippen LogP contribution in [0.2, 0.25) is 5.02 Å². The lowest BCUT2D eigenvalue weighted by Gasteiger charge is -2.03. The third kappa shape index (κ3) is 2.04. The van der Waals surface area contributed by atoms with Crippen molar-refractivity contribution in [2.45, 2.75) is 0 Å². The first kappa shape index (κ1) is 10.6. The zero-order valence-corrected chi connectivity index (χ0v) is 8.98. The minimum absolute atomic E-state index is 0.0331. The number of aromatic nitrogens is 1. The molecule has 0 bridgehead atoms. The van der Waals surface area contributed by atoms with Crippen LogP contribution in [0.15, 0.2) is 36.5 Å². The van der Waals surface area contributed by atoms with Crippen molar-refractivity contribution in [1.82, 2.24) is 4.98 Å². The first-order valence-electron chi connectivity index (χ1n) is 4.61. The quantitative estimate of drug-likeness (QED) is 0.812. The lowest BCUT2D eigenvalue weighted by atomic mass is 10.1. The van der Waals surface area contributed by atoms with Crippen LogP contribution in [0.1, 0.15) is 10.5 Å². The molecule has 2 aromatic rings. The van der Waals surface area contributed by atoms with Crippen molar-refractivity contribution in [1.29, 1.82) is 0 Å². The summed E-state index contributed by atoms with van der Waals surface area (Å²) in [5, 5.41) is 10.1. The summed E-state index contributed by atoms with van der Waals surface area (Å²) >= 11 is 5.85. The Hall–Kier alpha value is -1.87. The van der Waals surface area contributed by atoms with Crippen molar-refractivity contribution in [3.05, 3.63) is 47.2 Å². The maximum absolute atomic E-state index is 10.5. The van der Waals surface area contributed by atoms with E-state index in [-0.39, 0.29) is 11.4 Å². The monoisotopic (exact) mass is 233 g/mol. The molecule has 0 radical (unpaired) electrons. The van der Waals surface area contributed by atoms with Gasteiger partial charge in [0.05, 0.1) is 0 Å². The van der Waals surface area contributed by atoms with E-state index in [0.29, 0.717) is 16.9 Å². The van der Waals surface area contributed by atoms with Gasteiger partial charge in [-0.05, 0) is 23.8 Å². The summed E-state index contributed by atoms with van der Waals surface area (Å²) in [6, 6.07) is 8.67. The van der Waals surface area contributed by atoms with Crippen molar-refractivity contribution >= 4 is 17.9 Å². The lowest BCUT2D eigenvalue weighted by molar-refractivity contribution is 0.111. The molecule has 0 aliphatic heterocycles. The average molecular weight is 234 g/mol. The second kappa shape index (κ2) is 4.33. The molecule has 4 heteroatoms. The molecule has 0 aliphatic carbocycles. The van der Waals surface area contributed by atoms with Gasteiger partial charge in [0, 0.05) is 16.8 Å². The lowest BCUT2D eigenvalue weighted by Crippen LogP contribution is -1.88. The minimum atomic E-state index is -0.132. The molecule has 0 fully saturated rings. The van der Waals surface area contributed by atoms with Crippen LogP contribution in [0, 0.1) is 0 Å². The highest BCUT2D eigenvalue weighted by atomic mass is 35.5. The molecule has 1 aromatic heterocycles. The number of hydrogen-bond acceptors (Lipinski definition) is 3. The molecule has 0 spiro atoms. The Morgan fingerprint density at radius 1 is 1.25 bits per heavy atom. The van der Waals surface area contributed by atoms with Crippen LogP contribution in [0.4, 0.5) is 0 Å². The van der Waals surface area contributed by atoms with Gasteiger partial charge in [-0.1, -0.05) is 23.7 Å². The Morgan fingerprint density at radius 3 is 2.69 bits per heavy atom. The van der Waals surface area contributed by atoms with Crippen molar-refractivity contribution in [2.24, 2.45) is 0 Å². The van der Waals surface area contributed by atoms with Crippen LogP contribution in [0.25, 0.3) is 11.1 Å². The third-order valence-electron chi connectivity index (χ3n) is 2.17. The largest absolute Gasteiger partial charge is 0.506 e. The fraction of sp³-hybridized carbons (Fsp3) is 0. The maximum atomic E-state index is 10.5. The highest BCUT2D eigenvalue weighted by Gasteiger charge is 2.05. The summed E-state index contributed by atoms with van der Waals surface area (Å²) in [5.74, 6) is -0.132. The second-order valence-electron chi connectivity index (χ2n) is 3.26. The smallest absolute Gasteiger partial charge is 0.172 e. The molecule has 1 aromatic carbocycles. The summed E-state index contributed by atoms with van der Waals surface area (Å²) in [4.78, 5) is 14.3. The number of aldehydes is 1. The highest BCUT2D eigenvalue weighted by Crippen LogP contribution is 2.25. The molecule has 2 rings (SSSR count). The number of rotatable bonds is 2. The molecule has 80 valence electrons. The van der Waals surface area contributed by atoms with Gasteiger partial charge in [0.2, 0.25) is 0 Å². The van der Waals surface area contributed by atoms with Crippen LogP contribution in [-0.4, -0.2) is 16.4 Å². The fourth-order valence-corrected chi connectivity index (χ4v) is 1.57. The van der Waals surface area contributed by atoms with Gasteiger partial charge in [-0.25, -0.2) is 4.98 Å². The molecular weight excluding hydrogens is 226 g/mol. The molecule has 0 unspecified atom stereocenters. The summed E-state index contributed by atoms with van der Waals surface area (Å²) in [6.07, 6.45) is 2.03. The van der Waals surface area contributed by atoms with E-state index in [1.165, 1.54) is 12.3 Å². The van der Waals surface area contributed by atoms with E-state index >= 15 is 0 Å². The molecule has 3 nitrogen and oxygen atoms in total. The summed E-state index contributed by atoms with van der Waals surface area (Å²) in [7, 11) is 0. The van der Waals surface area contributed by atoms with Gasteiger partial charge < -0.3 is 5.11 Å². The summed E-state index contributed by atoms with van der Waals surface area (Å²) in [6.45, 7) is 0. The van der Waals surface area contributed by atoms with Crippen molar-refractivity contribution in [3.8, 4) is 16.9 Å². The van der Waals surface area contributed by atoms with Crippen molar-refractivity contribution < 1.29 is 9.90 Å². The normalized spacial score (nSPS) is 10.1. The molecule has 0 saturated carbocycles. The Morgan fingerprint density at radius 2 is 2.06 bits per heavy atom. The Bertz CT molecular complexity index is 540. The number of halogens is 1. The number of benzene rings is 1. The maximum Gasteiger partial charge on any atom is 0.172 e. The summed E-state index contributed by atoms with van der Waals surface area (Å²) < 4.78 is 0. The Labute approximate surface area is 97.3 Å².